The van der Waals surface area contributed by atoms with Crippen LogP contribution in [0.3, 0.4) is 0 Å². The van der Waals surface area contributed by atoms with E-state index in [1.807, 2.05) is 41.4 Å². The third kappa shape index (κ3) is 4.22. The first kappa shape index (κ1) is 19.8. The molecule has 1 aliphatic heterocycles. The van der Waals surface area contributed by atoms with Gasteiger partial charge in [-0.1, -0.05) is 6.07 Å². The van der Waals surface area contributed by atoms with Gasteiger partial charge >= 0.3 is 12.0 Å². The quantitative estimate of drug-likeness (QED) is 0.646. The van der Waals surface area contributed by atoms with Crippen molar-refractivity contribution in [2.75, 3.05) is 43.0 Å². The molecule has 2 aromatic heterocycles. The number of fused-ring (bicyclic) bond motifs is 1. The van der Waals surface area contributed by atoms with Gasteiger partial charge in [-0.2, -0.15) is 0 Å². The fraction of sp³-hybridized carbons (Fsp3) is 0.318. The van der Waals surface area contributed by atoms with Crippen LogP contribution < -0.4 is 10.2 Å². The number of ether oxygens (including phenoxy) is 1. The van der Waals surface area contributed by atoms with Gasteiger partial charge in [-0.05, 0) is 43.7 Å². The van der Waals surface area contributed by atoms with E-state index in [1.165, 1.54) is 0 Å². The summed E-state index contributed by atoms with van der Waals surface area (Å²) >= 11 is 0. The van der Waals surface area contributed by atoms with Crippen molar-refractivity contribution >= 4 is 34.4 Å². The first-order valence-electron chi connectivity index (χ1n) is 10.2. The lowest BCUT2D eigenvalue weighted by molar-refractivity contribution is 0.0526. The van der Waals surface area contributed by atoms with Gasteiger partial charge in [-0.3, -0.25) is 0 Å². The minimum atomic E-state index is -0.368. The van der Waals surface area contributed by atoms with Crippen LogP contribution in [0.25, 0.3) is 10.9 Å². The Morgan fingerprint density at radius 1 is 1.13 bits per heavy atom. The second kappa shape index (κ2) is 8.86. The summed E-state index contributed by atoms with van der Waals surface area (Å²) in [5, 5.41) is 4.03. The van der Waals surface area contributed by atoms with E-state index in [2.05, 4.69) is 20.2 Å². The van der Waals surface area contributed by atoms with Gasteiger partial charge in [0.2, 0.25) is 0 Å². The van der Waals surface area contributed by atoms with Crippen LogP contribution in [-0.4, -0.2) is 59.7 Å². The van der Waals surface area contributed by atoms with E-state index in [1.54, 1.807) is 19.2 Å². The van der Waals surface area contributed by atoms with Crippen molar-refractivity contribution in [2.24, 2.45) is 0 Å². The number of esters is 1. The van der Waals surface area contributed by atoms with Crippen LogP contribution in [0.15, 0.2) is 48.8 Å². The van der Waals surface area contributed by atoms with Crippen molar-refractivity contribution in [1.29, 1.82) is 0 Å². The topological polar surface area (TPSA) is 90.6 Å². The second-order valence-electron chi connectivity index (χ2n) is 7.13. The first-order chi connectivity index (χ1) is 14.7. The van der Waals surface area contributed by atoms with E-state index >= 15 is 0 Å². The minimum absolute atomic E-state index is 0.101. The Balaban J connectivity index is 1.38. The zero-order chi connectivity index (χ0) is 20.9. The molecule has 1 aromatic carbocycles. The van der Waals surface area contributed by atoms with Crippen molar-refractivity contribution in [3.05, 3.63) is 54.4 Å². The van der Waals surface area contributed by atoms with Gasteiger partial charge in [-0.25, -0.2) is 14.6 Å². The van der Waals surface area contributed by atoms with Crippen LogP contribution in [0.4, 0.5) is 16.3 Å². The summed E-state index contributed by atoms with van der Waals surface area (Å²) in [6, 6.07) is 11.2. The number of H-pyrrole nitrogens is 1. The molecule has 2 amide bonds. The summed E-state index contributed by atoms with van der Waals surface area (Å²) in [4.78, 5) is 36.2. The zero-order valence-electron chi connectivity index (χ0n) is 16.9. The minimum Gasteiger partial charge on any atom is -0.462 e. The standard InChI is InChI=1S/C22H25N5O3/c1-2-30-21(28)16-7-8-20(24-15-16)26-11-4-12-27(14-13-26)22(29)25-19-6-3-5-18-17(19)9-10-23-18/h3,5-10,15,23H,2,4,11-14H2,1H3,(H,25,29). The number of aromatic nitrogens is 2. The maximum absolute atomic E-state index is 12.8. The van der Waals surface area contributed by atoms with E-state index < -0.39 is 0 Å². The number of carbonyl (C=O) groups is 2. The first-order valence-corrected chi connectivity index (χ1v) is 10.2. The molecular weight excluding hydrogens is 382 g/mol. The number of anilines is 2. The van der Waals surface area contributed by atoms with Gasteiger partial charge in [0.25, 0.3) is 0 Å². The number of carbonyl (C=O) groups excluding carboxylic acids is 2. The molecule has 1 aliphatic rings. The Kier molecular flexibility index (Phi) is 5.83. The molecule has 4 rings (SSSR count). The number of benzene rings is 1. The van der Waals surface area contributed by atoms with Gasteiger partial charge in [0.05, 0.1) is 17.9 Å². The SMILES string of the molecule is CCOC(=O)c1ccc(N2CCCN(C(=O)Nc3cccc4[nH]ccc34)CC2)nc1. The summed E-state index contributed by atoms with van der Waals surface area (Å²) in [6.45, 7) is 4.85. The van der Waals surface area contributed by atoms with E-state index in [4.69, 9.17) is 4.74 Å². The van der Waals surface area contributed by atoms with Crippen LogP contribution in [0, 0.1) is 0 Å². The molecular formula is C22H25N5O3. The zero-order valence-corrected chi connectivity index (χ0v) is 16.9. The van der Waals surface area contributed by atoms with Gasteiger partial charge < -0.3 is 24.8 Å². The average molecular weight is 407 g/mol. The number of hydrogen-bond donors (Lipinski definition) is 2. The summed E-state index contributed by atoms with van der Waals surface area (Å²) in [5.41, 5.74) is 2.23. The summed E-state index contributed by atoms with van der Waals surface area (Å²) in [5.74, 6) is 0.426. The molecule has 0 radical (unpaired) electrons. The average Bonchev–Trinajstić information content (AvgIpc) is 3.11. The molecule has 8 nitrogen and oxygen atoms in total. The monoisotopic (exact) mass is 407 g/mol. The predicted molar refractivity (Wildman–Crippen MR) is 116 cm³/mol. The predicted octanol–water partition coefficient (Wildman–Crippen LogP) is 3.48. The van der Waals surface area contributed by atoms with Crippen LogP contribution in [0.5, 0.6) is 0 Å². The fourth-order valence-electron chi connectivity index (χ4n) is 3.65. The van der Waals surface area contributed by atoms with E-state index in [0.717, 1.165) is 35.4 Å². The molecule has 0 spiro atoms. The molecule has 8 heteroatoms. The molecule has 30 heavy (non-hydrogen) atoms. The highest BCUT2D eigenvalue weighted by Gasteiger charge is 2.21. The largest absolute Gasteiger partial charge is 0.462 e. The number of hydrogen-bond acceptors (Lipinski definition) is 5. The van der Waals surface area contributed by atoms with Crippen molar-refractivity contribution in [3.63, 3.8) is 0 Å². The van der Waals surface area contributed by atoms with Gasteiger partial charge in [0.15, 0.2) is 0 Å². The summed E-state index contributed by atoms with van der Waals surface area (Å²) in [6.07, 6.45) is 4.24. The molecule has 3 aromatic rings. The maximum atomic E-state index is 12.8. The molecule has 0 saturated carbocycles. The third-order valence-corrected chi connectivity index (χ3v) is 5.20. The Morgan fingerprint density at radius 3 is 2.83 bits per heavy atom. The molecule has 0 bridgehead atoms. The number of nitrogens with zero attached hydrogens (tertiary/aromatic N) is 3. The molecule has 3 heterocycles. The number of aromatic amines is 1. The number of pyridine rings is 1. The van der Waals surface area contributed by atoms with Crippen LogP contribution >= 0.6 is 0 Å². The lowest BCUT2D eigenvalue weighted by atomic mass is 10.2. The number of urea groups is 1. The van der Waals surface area contributed by atoms with Gasteiger partial charge in [0.1, 0.15) is 5.82 Å². The molecule has 1 saturated heterocycles. The van der Waals surface area contributed by atoms with Crippen molar-refractivity contribution in [3.8, 4) is 0 Å². The molecule has 1 fully saturated rings. The highest BCUT2D eigenvalue weighted by Crippen LogP contribution is 2.23. The molecule has 0 atom stereocenters. The summed E-state index contributed by atoms with van der Waals surface area (Å²) < 4.78 is 5.00. The Hall–Kier alpha value is -3.55. The lowest BCUT2D eigenvalue weighted by Gasteiger charge is -2.23. The van der Waals surface area contributed by atoms with Crippen LogP contribution in [0.1, 0.15) is 23.7 Å². The second-order valence-corrected chi connectivity index (χ2v) is 7.13. The molecule has 156 valence electrons. The van der Waals surface area contributed by atoms with Crippen LogP contribution in [-0.2, 0) is 4.74 Å². The maximum Gasteiger partial charge on any atom is 0.339 e. The third-order valence-electron chi connectivity index (χ3n) is 5.20. The lowest BCUT2D eigenvalue weighted by Crippen LogP contribution is -2.38. The smallest absolute Gasteiger partial charge is 0.339 e. The molecule has 0 unspecified atom stereocenters. The fourth-order valence-corrected chi connectivity index (χ4v) is 3.65. The number of amides is 2. The Labute approximate surface area is 174 Å². The van der Waals surface area contributed by atoms with E-state index in [9.17, 15) is 9.59 Å². The Bertz CT molecular complexity index is 1030. The number of nitrogens with one attached hydrogen (secondary N) is 2. The van der Waals surface area contributed by atoms with Crippen LogP contribution in [0.2, 0.25) is 0 Å². The van der Waals surface area contributed by atoms with E-state index in [-0.39, 0.29) is 12.0 Å². The number of rotatable bonds is 4. The van der Waals surface area contributed by atoms with Gasteiger partial charge in [-0.15, -0.1) is 0 Å². The van der Waals surface area contributed by atoms with Gasteiger partial charge in [0, 0.05) is 49.5 Å². The highest BCUT2D eigenvalue weighted by atomic mass is 16.5. The molecule has 2 N–H and O–H groups in total. The van der Waals surface area contributed by atoms with Crippen molar-refractivity contribution < 1.29 is 14.3 Å². The Morgan fingerprint density at radius 2 is 2.03 bits per heavy atom. The van der Waals surface area contributed by atoms with E-state index in [0.29, 0.717) is 31.8 Å². The molecule has 0 aliphatic carbocycles. The highest BCUT2D eigenvalue weighted by molar-refractivity contribution is 6.00. The van der Waals surface area contributed by atoms with Crippen molar-refractivity contribution in [2.45, 2.75) is 13.3 Å². The van der Waals surface area contributed by atoms with Crippen molar-refractivity contribution in [1.82, 2.24) is 14.9 Å². The normalized spacial score (nSPS) is 14.4. The summed E-state index contributed by atoms with van der Waals surface area (Å²) in [7, 11) is 0.